The van der Waals surface area contributed by atoms with Gasteiger partial charge >= 0.3 is 17.9 Å². The Balaban J connectivity index is 0.000000456. The van der Waals surface area contributed by atoms with E-state index in [2.05, 4.69) is 0 Å². The Hall–Kier alpha value is -4.46. The molecule has 3 rings (SSSR count). The number of benzene rings is 3. The first kappa shape index (κ1) is 21.8. The zero-order chi connectivity index (χ0) is 22.3. The van der Waals surface area contributed by atoms with Crippen molar-refractivity contribution in [3.05, 3.63) is 95.1 Å². The molecule has 0 aliphatic carbocycles. The molecular weight excluding hydrogens is 390 g/mol. The molecule has 30 heavy (non-hydrogen) atoms. The molecular formula is C22H17NO7. The summed E-state index contributed by atoms with van der Waals surface area (Å²) in [5.41, 5.74) is 2.25. The van der Waals surface area contributed by atoms with E-state index in [0.29, 0.717) is 5.56 Å². The van der Waals surface area contributed by atoms with Crippen molar-refractivity contribution in [3.8, 4) is 11.1 Å². The normalized spacial score (nSPS) is 9.73. The second-order valence-corrected chi connectivity index (χ2v) is 5.90. The molecule has 0 unspecified atom stereocenters. The first-order valence-corrected chi connectivity index (χ1v) is 8.51. The van der Waals surface area contributed by atoms with E-state index in [1.54, 1.807) is 18.2 Å². The van der Waals surface area contributed by atoms with Gasteiger partial charge in [0.15, 0.2) is 0 Å². The van der Waals surface area contributed by atoms with E-state index in [4.69, 9.17) is 5.73 Å². The number of hydrogen-bond acceptors (Lipinski definition) is 4. The Bertz CT molecular complexity index is 1070. The van der Waals surface area contributed by atoms with Crippen LogP contribution in [0.2, 0.25) is 0 Å². The summed E-state index contributed by atoms with van der Waals surface area (Å²) in [4.78, 5) is 46.1. The molecule has 0 aromatic heterocycles. The second-order valence-electron chi connectivity index (χ2n) is 5.90. The molecule has 3 aromatic carbocycles. The fraction of sp³-hybridized carbons (Fsp3) is 0. The summed E-state index contributed by atoms with van der Waals surface area (Å²) in [6, 6.07) is 20.8. The fourth-order valence-electron chi connectivity index (χ4n) is 2.77. The van der Waals surface area contributed by atoms with E-state index < -0.39 is 46.1 Å². The molecule has 0 spiro atoms. The van der Waals surface area contributed by atoms with Crippen molar-refractivity contribution in [3.63, 3.8) is 0 Å². The van der Waals surface area contributed by atoms with E-state index in [9.17, 15) is 34.5 Å². The number of carbonyl (C=O) groups is 4. The third kappa shape index (κ3) is 4.87. The maximum atomic E-state index is 11.8. The molecule has 0 bridgehead atoms. The molecule has 8 heteroatoms. The van der Waals surface area contributed by atoms with Gasteiger partial charge in [0, 0.05) is 0 Å². The van der Waals surface area contributed by atoms with Crippen LogP contribution in [0, 0.1) is 0 Å². The quantitative estimate of drug-likeness (QED) is 0.506. The zero-order valence-corrected chi connectivity index (χ0v) is 15.5. The van der Waals surface area contributed by atoms with Gasteiger partial charge in [0.1, 0.15) is 0 Å². The van der Waals surface area contributed by atoms with Gasteiger partial charge in [-0.2, -0.15) is 0 Å². The van der Waals surface area contributed by atoms with Crippen molar-refractivity contribution in [2.45, 2.75) is 0 Å². The predicted octanol–water partition coefficient (Wildman–Crippen LogP) is 3.23. The summed E-state index contributed by atoms with van der Waals surface area (Å²) >= 11 is 0. The topological polar surface area (TPSA) is 155 Å². The first-order chi connectivity index (χ1) is 14.3. The third-order valence-electron chi connectivity index (χ3n) is 3.98. The smallest absolute Gasteiger partial charge is 0.337 e. The highest BCUT2D eigenvalue weighted by atomic mass is 16.4. The van der Waals surface area contributed by atoms with Crippen LogP contribution in [0.5, 0.6) is 0 Å². The van der Waals surface area contributed by atoms with Crippen molar-refractivity contribution in [2.24, 2.45) is 5.73 Å². The van der Waals surface area contributed by atoms with Crippen LogP contribution in [0.3, 0.4) is 0 Å². The summed E-state index contributed by atoms with van der Waals surface area (Å²) in [5, 5.41) is 27.8. The highest BCUT2D eigenvalue weighted by Gasteiger charge is 2.31. The second kappa shape index (κ2) is 9.65. The van der Waals surface area contributed by atoms with Crippen molar-refractivity contribution in [2.75, 3.05) is 0 Å². The molecule has 0 fully saturated rings. The monoisotopic (exact) mass is 407 g/mol. The van der Waals surface area contributed by atoms with Crippen molar-refractivity contribution >= 4 is 23.8 Å². The van der Waals surface area contributed by atoms with Gasteiger partial charge < -0.3 is 21.1 Å². The maximum absolute atomic E-state index is 11.8. The van der Waals surface area contributed by atoms with Gasteiger partial charge in [-0.3, -0.25) is 4.79 Å². The van der Waals surface area contributed by atoms with E-state index in [0.717, 1.165) is 6.07 Å². The number of hydrogen-bond donors (Lipinski definition) is 4. The number of carbonyl (C=O) groups excluding carboxylic acids is 1. The van der Waals surface area contributed by atoms with Crippen LogP contribution in [0.15, 0.2) is 72.8 Å². The predicted molar refractivity (Wildman–Crippen MR) is 108 cm³/mol. The van der Waals surface area contributed by atoms with Crippen LogP contribution in [0.25, 0.3) is 11.1 Å². The van der Waals surface area contributed by atoms with E-state index in [1.165, 1.54) is 12.1 Å². The van der Waals surface area contributed by atoms with Gasteiger partial charge in [-0.05, 0) is 17.2 Å². The summed E-state index contributed by atoms with van der Waals surface area (Å²) in [6.07, 6.45) is 0. The zero-order valence-electron chi connectivity index (χ0n) is 15.5. The van der Waals surface area contributed by atoms with Crippen molar-refractivity contribution < 1.29 is 34.5 Å². The van der Waals surface area contributed by atoms with Gasteiger partial charge in [-0.25, -0.2) is 14.4 Å². The molecule has 1 amide bonds. The van der Waals surface area contributed by atoms with Crippen LogP contribution in [0.1, 0.15) is 41.4 Å². The summed E-state index contributed by atoms with van der Waals surface area (Å²) in [7, 11) is 0. The SMILES string of the molecule is NC(=O)c1c(-c2ccccc2)cc(C(=O)O)c(C(=O)O)c1C(=O)O.c1ccccc1. The Morgan fingerprint density at radius 1 is 0.600 bits per heavy atom. The molecule has 152 valence electrons. The number of carboxylic acids is 3. The Morgan fingerprint density at radius 2 is 1.03 bits per heavy atom. The van der Waals surface area contributed by atoms with E-state index in [-0.39, 0.29) is 5.56 Å². The van der Waals surface area contributed by atoms with Crippen LogP contribution < -0.4 is 5.73 Å². The lowest BCUT2D eigenvalue weighted by Gasteiger charge is -2.15. The lowest BCUT2D eigenvalue weighted by molar-refractivity contribution is 0.0631. The largest absolute Gasteiger partial charge is 0.478 e. The minimum Gasteiger partial charge on any atom is -0.478 e. The van der Waals surface area contributed by atoms with E-state index in [1.807, 2.05) is 36.4 Å². The molecule has 0 heterocycles. The molecule has 8 nitrogen and oxygen atoms in total. The van der Waals surface area contributed by atoms with Gasteiger partial charge in [0.05, 0.1) is 22.3 Å². The molecule has 0 atom stereocenters. The molecule has 5 N–H and O–H groups in total. The van der Waals surface area contributed by atoms with Crippen LogP contribution in [-0.2, 0) is 0 Å². The molecule has 3 aromatic rings. The third-order valence-corrected chi connectivity index (χ3v) is 3.98. The summed E-state index contributed by atoms with van der Waals surface area (Å²) in [5.74, 6) is -6.36. The standard InChI is InChI=1S/C16H11NO7.C6H6/c17-13(18)10-8(7-4-2-1-3-5-7)6-9(14(19)20)11(15(21)22)12(10)16(23)24;1-2-4-6-5-3-1/h1-6H,(H2,17,18)(H,19,20)(H,21,22)(H,23,24);1-6H. The van der Waals surface area contributed by atoms with Gasteiger partial charge in [0.2, 0.25) is 5.91 Å². The molecule has 0 saturated heterocycles. The minimum absolute atomic E-state index is 0.0668. The van der Waals surface area contributed by atoms with Gasteiger partial charge in [-0.15, -0.1) is 0 Å². The Kier molecular flexibility index (Phi) is 7.02. The van der Waals surface area contributed by atoms with Gasteiger partial charge in [0.25, 0.3) is 0 Å². The number of amides is 1. The van der Waals surface area contributed by atoms with Crippen LogP contribution >= 0.6 is 0 Å². The maximum Gasteiger partial charge on any atom is 0.337 e. The Morgan fingerprint density at radius 3 is 1.40 bits per heavy atom. The first-order valence-electron chi connectivity index (χ1n) is 8.51. The average molecular weight is 407 g/mol. The van der Waals surface area contributed by atoms with Crippen molar-refractivity contribution in [1.29, 1.82) is 0 Å². The lowest BCUT2D eigenvalue weighted by Crippen LogP contribution is -2.23. The van der Waals surface area contributed by atoms with Crippen LogP contribution in [-0.4, -0.2) is 39.1 Å². The number of primary amides is 1. The number of rotatable bonds is 5. The molecule has 0 radical (unpaired) electrons. The number of nitrogens with two attached hydrogens (primary N) is 1. The molecule has 0 aliphatic rings. The number of aromatic carboxylic acids is 3. The van der Waals surface area contributed by atoms with Crippen molar-refractivity contribution in [1.82, 2.24) is 0 Å². The molecule has 0 aliphatic heterocycles. The lowest BCUT2D eigenvalue weighted by atomic mass is 9.88. The number of carboxylic acid groups (broad SMARTS) is 3. The molecule has 0 saturated carbocycles. The fourth-order valence-corrected chi connectivity index (χ4v) is 2.77. The van der Waals surface area contributed by atoms with Gasteiger partial charge in [-0.1, -0.05) is 66.7 Å². The highest BCUT2D eigenvalue weighted by Crippen LogP contribution is 2.31. The summed E-state index contributed by atoms with van der Waals surface area (Å²) in [6.45, 7) is 0. The summed E-state index contributed by atoms with van der Waals surface area (Å²) < 4.78 is 0. The highest BCUT2D eigenvalue weighted by molar-refractivity contribution is 6.17. The Labute approximate surface area is 170 Å². The average Bonchev–Trinajstić information content (AvgIpc) is 2.74. The van der Waals surface area contributed by atoms with Crippen LogP contribution in [0.4, 0.5) is 0 Å². The van der Waals surface area contributed by atoms with E-state index >= 15 is 0 Å². The minimum atomic E-state index is -1.79.